The van der Waals surface area contributed by atoms with E-state index in [9.17, 15) is 0 Å². The van der Waals surface area contributed by atoms with Crippen LogP contribution < -0.4 is 25.6 Å². The summed E-state index contributed by atoms with van der Waals surface area (Å²) in [5.74, 6) is 0. The number of benzene rings is 10. The predicted octanol–water partition coefficient (Wildman–Crippen LogP) is 13.4. The summed E-state index contributed by atoms with van der Waals surface area (Å²) in [7, 11) is -2.63. The number of hydrogen-bond acceptors (Lipinski definition) is 2. The first-order chi connectivity index (χ1) is 32.1. The average molecular weight is 846 g/mol. The van der Waals surface area contributed by atoms with E-state index in [4.69, 9.17) is 4.42 Å². The maximum Gasteiger partial charge on any atom is 0.180 e. The summed E-state index contributed by atoms with van der Waals surface area (Å²) in [5, 5.41) is 7.93. The van der Waals surface area contributed by atoms with Crippen LogP contribution in [0.5, 0.6) is 0 Å². The normalized spacial score (nSPS) is 15.3. The Balaban J connectivity index is 0.965. The van der Waals surface area contributed by atoms with Crippen LogP contribution in [0.15, 0.2) is 247 Å². The topological polar surface area (TPSA) is 16.4 Å². The monoisotopic (exact) mass is 845 g/mol. The lowest BCUT2D eigenvalue weighted by atomic mass is 9.74. The van der Waals surface area contributed by atoms with Gasteiger partial charge in [-0.2, -0.15) is 0 Å². The molecule has 1 aliphatic heterocycles. The summed E-state index contributed by atoms with van der Waals surface area (Å²) >= 11 is 0. The van der Waals surface area contributed by atoms with Gasteiger partial charge in [-0.15, -0.1) is 0 Å². The van der Waals surface area contributed by atoms with E-state index >= 15 is 0 Å². The fraction of sp³-hybridized carbons (Fsp3) is 0.0323. The lowest BCUT2D eigenvalue weighted by molar-refractivity contribution is 0.669. The highest BCUT2D eigenvalue weighted by Gasteiger charge is 2.48. The zero-order chi connectivity index (χ0) is 43.1. The molecule has 0 bridgehead atoms. The molecule has 2 nitrogen and oxygen atoms in total. The smallest absolute Gasteiger partial charge is 0.180 e. The van der Waals surface area contributed by atoms with Gasteiger partial charge in [0.1, 0.15) is 11.2 Å². The molecular weight excluding hydrogens is 803 g/mol. The second-order valence-electron chi connectivity index (χ2n) is 17.7. The number of nitrogens with zero attached hydrogens (tertiary/aromatic N) is 1. The van der Waals surface area contributed by atoms with E-state index in [2.05, 4.69) is 248 Å². The van der Waals surface area contributed by atoms with E-state index in [1.54, 1.807) is 0 Å². The van der Waals surface area contributed by atoms with Crippen LogP contribution >= 0.6 is 0 Å². The molecular formula is C62H43NOSi. The largest absolute Gasteiger partial charge is 0.456 e. The second kappa shape index (κ2) is 14.5. The van der Waals surface area contributed by atoms with Crippen molar-refractivity contribution in [3.8, 4) is 33.4 Å². The fourth-order valence-corrected chi connectivity index (χ4v) is 16.7. The Morgan fingerprint density at radius 2 is 0.938 bits per heavy atom. The lowest BCUT2D eigenvalue weighted by Gasteiger charge is -2.31. The van der Waals surface area contributed by atoms with Crippen LogP contribution in [0.3, 0.4) is 0 Å². The molecule has 13 rings (SSSR count). The van der Waals surface area contributed by atoms with E-state index in [0.29, 0.717) is 0 Å². The molecule has 1 aromatic heterocycles. The quantitative estimate of drug-likeness (QED) is 0.149. The summed E-state index contributed by atoms with van der Waals surface area (Å²) in [6, 6.07) is 90.0. The van der Waals surface area contributed by atoms with Crippen LogP contribution in [0, 0.1) is 0 Å². The van der Waals surface area contributed by atoms with Gasteiger partial charge in [0.15, 0.2) is 8.07 Å². The van der Waals surface area contributed by atoms with Gasteiger partial charge in [-0.05, 0) is 126 Å². The van der Waals surface area contributed by atoms with Crippen molar-refractivity contribution in [3.63, 3.8) is 0 Å². The zero-order valence-electron chi connectivity index (χ0n) is 35.9. The molecule has 2 heterocycles. The number of furan rings is 1. The molecule has 306 valence electrons. The van der Waals surface area contributed by atoms with Crippen molar-refractivity contribution in [1.29, 1.82) is 0 Å². The zero-order valence-corrected chi connectivity index (χ0v) is 36.9. The van der Waals surface area contributed by atoms with Gasteiger partial charge in [0, 0.05) is 33.2 Å². The molecule has 0 spiro atoms. The minimum Gasteiger partial charge on any atom is -0.456 e. The molecule has 1 atom stereocenters. The standard InChI is InChI=1S/C62H43NOSi/c1-62(44-18-4-2-5-19-44)56-27-12-8-23-50(56)51-37-35-47(41-57(51)62)63(46-36-38-59-55(40-46)52-24-9-13-28-58(52)64-59)45-33-31-42(32-34-45)43-17-16-22-49(39-43)65(48-20-6-3-7-21-48)60-29-14-10-25-53(60)54-26-11-15-30-61(54)65/h2-41H,1H3. The first-order valence-electron chi connectivity index (χ1n) is 22.6. The first-order valence-corrected chi connectivity index (χ1v) is 24.6. The Morgan fingerprint density at radius 3 is 1.71 bits per heavy atom. The van der Waals surface area contributed by atoms with Gasteiger partial charge in [0.25, 0.3) is 0 Å². The van der Waals surface area contributed by atoms with Crippen LogP contribution in [0.25, 0.3) is 55.3 Å². The van der Waals surface area contributed by atoms with Crippen molar-refractivity contribution in [2.45, 2.75) is 12.3 Å². The third-order valence-electron chi connectivity index (χ3n) is 14.4. The molecule has 0 amide bonds. The molecule has 1 aliphatic carbocycles. The van der Waals surface area contributed by atoms with Crippen molar-refractivity contribution < 1.29 is 4.42 Å². The molecule has 10 aromatic carbocycles. The van der Waals surface area contributed by atoms with E-state index in [0.717, 1.165) is 39.0 Å². The molecule has 0 radical (unpaired) electrons. The first kappa shape index (κ1) is 37.6. The fourth-order valence-electron chi connectivity index (χ4n) is 11.4. The van der Waals surface area contributed by atoms with Gasteiger partial charge < -0.3 is 9.32 Å². The van der Waals surface area contributed by atoms with Crippen molar-refractivity contribution in [2.24, 2.45) is 0 Å². The van der Waals surface area contributed by atoms with E-state index in [1.165, 1.54) is 70.8 Å². The van der Waals surface area contributed by atoms with Crippen LogP contribution in [-0.4, -0.2) is 8.07 Å². The van der Waals surface area contributed by atoms with Crippen molar-refractivity contribution in [2.75, 3.05) is 4.90 Å². The number of fused-ring (bicyclic) bond motifs is 9. The maximum atomic E-state index is 6.34. The number of para-hydroxylation sites is 1. The van der Waals surface area contributed by atoms with Gasteiger partial charge in [-0.25, -0.2) is 0 Å². The molecule has 11 aromatic rings. The number of hydrogen-bond donors (Lipinski definition) is 0. The Bertz CT molecular complexity index is 3580. The van der Waals surface area contributed by atoms with Crippen molar-refractivity contribution in [3.05, 3.63) is 259 Å². The van der Waals surface area contributed by atoms with Crippen LogP contribution in [0.4, 0.5) is 17.1 Å². The SMILES string of the molecule is CC1(c2ccccc2)c2ccccc2-c2ccc(N(c3ccc(-c4cccc([Si]5(c6ccccc6)c6ccccc6-c6ccccc65)c4)cc3)c3ccc4oc5ccccc5c4c3)cc21. The summed E-state index contributed by atoms with van der Waals surface area (Å²) in [6.45, 7) is 2.39. The molecule has 0 fully saturated rings. The highest BCUT2D eigenvalue weighted by molar-refractivity contribution is 7.22. The summed E-state index contributed by atoms with van der Waals surface area (Å²) < 4.78 is 6.34. The number of rotatable bonds is 7. The van der Waals surface area contributed by atoms with Gasteiger partial charge in [-0.3, -0.25) is 0 Å². The maximum absolute atomic E-state index is 6.34. The molecule has 2 aliphatic rings. The second-order valence-corrected chi connectivity index (χ2v) is 21.4. The number of anilines is 3. The molecule has 1 unspecified atom stereocenters. The Hall–Kier alpha value is -7.98. The third kappa shape index (κ3) is 5.52. The van der Waals surface area contributed by atoms with Crippen LogP contribution in [0.2, 0.25) is 0 Å². The highest BCUT2D eigenvalue weighted by Crippen LogP contribution is 2.54. The molecule has 0 saturated heterocycles. The molecule has 3 heteroatoms. The Kier molecular flexibility index (Phi) is 8.40. The van der Waals surface area contributed by atoms with Gasteiger partial charge >= 0.3 is 0 Å². The average Bonchev–Trinajstić information content (AvgIpc) is 3.99. The van der Waals surface area contributed by atoms with E-state index in [-0.39, 0.29) is 5.41 Å². The van der Waals surface area contributed by atoms with Gasteiger partial charge in [-0.1, -0.05) is 194 Å². The summed E-state index contributed by atoms with van der Waals surface area (Å²) in [5.41, 5.74) is 16.3. The van der Waals surface area contributed by atoms with Gasteiger partial charge in [0.05, 0.1) is 0 Å². The third-order valence-corrected chi connectivity index (χ3v) is 19.3. The molecule has 0 saturated carbocycles. The lowest BCUT2D eigenvalue weighted by Crippen LogP contribution is -2.72. The minimum absolute atomic E-state index is 0.324. The van der Waals surface area contributed by atoms with Crippen molar-refractivity contribution >= 4 is 67.8 Å². The van der Waals surface area contributed by atoms with Crippen molar-refractivity contribution in [1.82, 2.24) is 0 Å². The predicted molar refractivity (Wildman–Crippen MR) is 274 cm³/mol. The van der Waals surface area contributed by atoms with Gasteiger partial charge in [0.2, 0.25) is 0 Å². The Morgan fingerprint density at radius 1 is 0.369 bits per heavy atom. The molecule has 0 N–H and O–H groups in total. The summed E-state index contributed by atoms with van der Waals surface area (Å²) in [4.78, 5) is 2.42. The van der Waals surface area contributed by atoms with E-state index < -0.39 is 8.07 Å². The van der Waals surface area contributed by atoms with Crippen LogP contribution in [-0.2, 0) is 5.41 Å². The van der Waals surface area contributed by atoms with Crippen LogP contribution in [0.1, 0.15) is 23.6 Å². The van der Waals surface area contributed by atoms with E-state index in [1.807, 2.05) is 6.07 Å². The highest BCUT2D eigenvalue weighted by atomic mass is 28.3. The summed E-state index contributed by atoms with van der Waals surface area (Å²) in [6.07, 6.45) is 0. The molecule has 65 heavy (non-hydrogen) atoms. The Labute approximate surface area is 380 Å². The minimum atomic E-state index is -2.63.